The normalized spacial score (nSPS) is 22.6. The van der Waals surface area contributed by atoms with Gasteiger partial charge in [0.05, 0.1) is 5.92 Å². The smallest absolute Gasteiger partial charge is 0.224 e. The van der Waals surface area contributed by atoms with Crippen LogP contribution in [0.5, 0.6) is 0 Å². The maximum atomic E-state index is 12.4. The van der Waals surface area contributed by atoms with E-state index in [1.165, 1.54) is 18.5 Å². The molecule has 1 aliphatic heterocycles. The molecular formula is C18H27N3O2. The zero-order chi connectivity index (χ0) is 16.2. The van der Waals surface area contributed by atoms with Crippen molar-refractivity contribution in [2.45, 2.75) is 51.0 Å². The lowest BCUT2D eigenvalue weighted by Gasteiger charge is -2.36. The Hall–Kier alpha value is -1.78. The monoisotopic (exact) mass is 317 g/mol. The van der Waals surface area contributed by atoms with Crippen molar-refractivity contribution in [1.29, 1.82) is 0 Å². The Bertz CT molecular complexity index is 560. The molecule has 0 bridgehead atoms. The summed E-state index contributed by atoms with van der Waals surface area (Å²) in [5, 5.41) is 3.05. The Kier molecular flexibility index (Phi) is 5.03. The van der Waals surface area contributed by atoms with Crippen molar-refractivity contribution >= 4 is 11.8 Å². The molecule has 2 fully saturated rings. The van der Waals surface area contributed by atoms with Gasteiger partial charge in [0.15, 0.2) is 0 Å². The van der Waals surface area contributed by atoms with E-state index in [1.54, 1.807) is 0 Å². The van der Waals surface area contributed by atoms with Crippen molar-refractivity contribution in [3.8, 4) is 0 Å². The Morgan fingerprint density at radius 2 is 2.09 bits per heavy atom. The van der Waals surface area contributed by atoms with Gasteiger partial charge in [-0.3, -0.25) is 9.59 Å². The quantitative estimate of drug-likeness (QED) is 0.901. The van der Waals surface area contributed by atoms with E-state index in [0.29, 0.717) is 32.0 Å². The lowest BCUT2D eigenvalue weighted by molar-refractivity contribution is -0.140. The second-order valence-corrected chi connectivity index (χ2v) is 6.87. The lowest BCUT2D eigenvalue weighted by Crippen LogP contribution is -2.49. The third-order valence-corrected chi connectivity index (χ3v) is 5.31. The average Bonchev–Trinajstić information content (AvgIpc) is 3.20. The van der Waals surface area contributed by atoms with E-state index in [0.717, 1.165) is 19.3 Å². The maximum Gasteiger partial charge on any atom is 0.224 e. The summed E-state index contributed by atoms with van der Waals surface area (Å²) in [4.78, 5) is 26.6. The van der Waals surface area contributed by atoms with Gasteiger partial charge in [0, 0.05) is 50.9 Å². The molecule has 1 atom stereocenters. The van der Waals surface area contributed by atoms with Crippen LogP contribution in [0, 0.1) is 5.92 Å². The largest absolute Gasteiger partial charge is 0.355 e. The standard InChI is InChI=1S/C18H27N3O2/c1-20-12-4-7-15(20)10-11-19-18(23)14-8-9-17(22)21(13-14)16-5-2-3-6-16/h4,7,12,14,16H,2-3,5-6,8-11,13H2,1H3,(H,19,23)/t14-/m0/s1. The molecule has 23 heavy (non-hydrogen) atoms. The van der Waals surface area contributed by atoms with Gasteiger partial charge in [-0.2, -0.15) is 0 Å². The van der Waals surface area contributed by atoms with E-state index < -0.39 is 0 Å². The SMILES string of the molecule is Cn1cccc1CCNC(=O)[C@H]1CCC(=O)N(C2CCCC2)C1. The fraction of sp³-hybridized carbons (Fsp3) is 0.667. The Morgan fingerprint density at radius 1 is 1.30 bits per heavy atom. The summed E-state index contributed by atoms with van der Waals surface area (Å²) in [7, 11) is 2.02. The number of hydrogen-bond acceptors (Lipinski definition) is 2. The highest BCUT2D eigenvalue weighted by molar-refractivity contribution is 5.84. The van der Waals surface area contributed by atoms with Crippen LogP contribution < -0.4 is 5.32 Å². The number of carbonyl (C=O) groups is 2. The van der Waals surface area contributed by atoms with Crippen LogP contribution >= 0.6 is 0 Å². The predicted molar refractivity (Wildman–Crippen MR) is 88.8 cm³/mol. The third-order valence-electron chi connectivity index (χ3n) is 5.31. The average molecular weight is 317 g/mol. The van der Waals surface area contributed by atoms with Crippen molar-refractivity contribution < 1.29 is 9.59 Å². The number of piperidine rings is 1. The maximum absolute atomic E-state index is 12.4. The Morgan fingerprint density at radius 3 is 2.78 bits per heavy atom. The van der Waals surface area contributed by atoms with Gasteiger partial charge in [0.25, 0.3) is 0 Å². The molecule has 0 spiro atoms. The van der Waals surface area contributed by atoms with Crippen LogP contribution in [-0.4, -0.2) is 40.4 Å². The summed E-state index contributed by atoms with van der Waals surface area (Å²) in [6.07, 6.45) is 8.70. The first kappa shape index (κ1) is 16.1. The Balaban J connectivity index is 1.49. The van der Waals surface area contributed by atoms with Crippen LogP contribution in [-0.2, 0) is 23.1 Å². The molecular weight excluding hydrogens is 290 g/mol. The molecule has 0 aromatic carbocycles. The van der Waals surface area contributed by atoms with Crippen LogP contribution in [0.2, 0.25) is 0 Å². The molecule has 1 N–H and O–H groups in total. The summed E-state index contributed by atoms with van der Waals surface area (Å²) in [5.74, 6) is 0.307. The number of aromatic nitrogens is 1. The fourth-order valence-electron chi connectivity index (χ4n) is 3.87. The van der Waals surface area contributed by atoms with Gasteiger partial charge in [0.1, 0.15) is 0 Å². The molecule has 0 unspecified atom stereocenters. The van der Waals surface area contributed by atoms with Gasteiger partial charge in [0.2, 0.25) is 11.8 Å². The molecule has 2 heterocycles. The van der Waals surface area contributed by atoms with E-state index in [4.69, 9.17) is 0 Å². The number of aryl methyl sites for hydroxylation is 1. The van der Waals surface area contributed by atoms with Gasteiger partial charge < -0.3 is 14.8 Å². The molecule has 5 nitrogen and oxygen atoms in total. The van der Waals surface area contributed by atoms with E-state index in [9.17, 15) is 9.59 Å². The zero-order valence-electron chi connectivity index (χ0n) is 14.0. The minimum Gasteiger partial charge on any atom is -0.355 e. The highest BCUT2D eigenvalue weighted by atomic mass is 16.2. The summed E-state index contributed by atoms with van der Waals surface area (Å²) in [6, 6.07) is 4.47. The number of nitrogens with one attached hydrogen (secondary N) is 1. The van der Waals surface area contributed by atoms with E-state index in [-0.39, 0.29) is 17.7 Å². The highest BCUT2D eigenvalue weighted by Gasteiger charge is 2.34. The first-order chi connectivity index (χ1) is 11.1. The number of rotatable bonds is 5. The molecule has 2 amide bonds. The Labute approximate surface area is 138 Å². The number of amides is 2. The minimum absolute atomic E-state index is 0.0401. The second-order valence-electron chi connectivity index (χ2n) is 6.87. The lowest BCUT2D eigenvalue weighted by atomic mass is 9.95. The molecule has 1 aromatic rings. The summed E-state index contributed by atoms with van der Waals surface area (Å²) in [6.45, 7) is 1.27. The first-order valence-corrected chi connectivity index (χ1v) is 8.82. The van der Waals surface area contributed by atoms with Crippen LogP contribution in [0.15, 0.2) is 18.3 Å². The van der Waals surface area contributed by atoms with Gasteiger partial charge >= 0.3 is 0 Å². The van der Waals surface area contributed by atoms with E-state index in [1.807, 2.05) is 24.2 Å². The number of hydrogen-bond donors (Lipinski definition) is 1. The molecule has 5 heteroatoms. The fourth-order valence-corrected chi connectivity index (χ4v) is 3.87. The second kappa shape index (κ2) is 7.20. The van der Waals surface area contributed by atoms with Crippen molar-refractivity contribution in [3.63, 3.8) is 0 Å². The van der Waals surface area contributed by atoms with Gasteiger partial charge in [-0.1, -0.05) is 12.8 Å². The molecule has 1 saturated heterocycles. The topological polar surface area (TPSA) is 54.3 Å². The number of nitrogens with zero attached hydrogens (tertiary/aromatic N) is 2. The third kappa shape index (κ3) is 3.77. The summed E-state index contributed by atoms with van der Waals surface area (Å²) < 4.78 is 2.08. The van der Waals surface area contributed by atoms with Crippen LogP contribution in [0.3, 0.4) is 0 Å². The predicted octanol–water partition coefficient (Wildman–Crippen LogP) is 1.86. The molecule has 3 rings (SSSR count). The van der Waals surface area contributed by atoms with Gasteiger partial charge in [-0.15, -0.1) is 0 Å². The number of carbonyl (C=O) groups excluding carboxylic acids is 2. The molecule has 0 radical (unpaired) electrons. The molecule has 2 aliphatic rings. The van der Waals surface area contributed by atoms with Crippen molar-refractivity contribution in [2.75, 3.05) is 13.1 Å². The van der Waals surface area contributed by atoms with Crippen LogP contribution in [0.1, 0.15) is 44.2 Å². The van der Waals surface area contributed by atoms with E-state index >= 15 is 0 Å². The number of likely N-dealkylation sites (tertiary alicyclic amines) is 1. The molecule has 1 aliphatic carbocycles. The van der Waals surface area contributed by atoms with E-state index in [2.05, 4.69) is 16.0 Å². The molecule has 1 aromatic heterocycles. The summed E-state index contributed by atoms with van der Waals surface area (Å²) in [5.41, 5.74) is 1.22. The zero-order valence-corrected chi connectivity index (χ0v) is 14.0. The van der Waals surface area contributed by atoms with Crippen molar-refractivity contribution in [2.24, 2.45) is 13.0 Å². The van der Waals surface area contributed by atoms with Crippen molar-refractivity contribution in [1.82, 2.24) is 14.8 Å². The van der Waals surface area contributed by atoms with Gasteiger partial charge in [-0.05, 0) is 31.4 Å². The highest BCUT2D eigenvalue weighted by Crippen LogP contribution is 2.28. The first-order valence-electron chi connectivity index (χ1n) is 8.82. The van der Waals surface area contributed by atoms with Crippen LogP contribution in [0.25, 0.3) is 0 Å². The summed E-state index contributed by atoms with van der Waals surface area (Å²) >= 11 is 0. The molecule has 1 saturated carbocycles. The van der Waals surface area contributed by atoms with Crippen LogP contribution in [0.4, 0.5) is 0 Å². The van der Waals surface area contributed by atoms with Crippen molar-refractivity contribution in [3.05, 3.63) is 24.0 Å². The van der Waals surface area contributed by atoms with Gasteiger partial charge in [-0.25, -0.2) is 0 Å². The minimum atomic E-state index is -0.0401. The molecule has 126 valence electrons.